The number of hydrogen-bond donors (Lipinski definition) is 1. The van der Waals surface area contributed by atoms with Crippen LogP contribution >= 0.6 is 11.6 Å². The molecule has 1 aliphatic rings. The summed E-state index contributed by atoms with van der Waals surface area (Å²) < 4.78 is 11.5. The Kier molecular flexibility index (Phi) is 11.3. The second kappa shape index (κ2) is 14.9. The Morgan fingerprint density at radius 3 is 2.50 bits per heavy atom. The van der Waals surface area contributed by atoms with Crippen molar-refractivity contribution in [2.45, 2.75) is 34.6 Å². The van der Waals surface area contributed by atoms with Crippen LogP contribution in [0.25, 0.3) is 10.9 Å². The summed E-state index contributed by atoms with van der Waals surface area (Å²) in [4.78, 5) is 15.6. The zero-order valence-corrected chi connectivity index (χ0v) is 23.4. The first-order valence-electron chi connectivity index (χ1n) is 12.9. The first kappa shape index (κ1) is 28.8. The lowest BCUT2D eigenvalue weighted by atomic mass is 10.2. The van der Waals surface area contributed by atoms with E-state index in [4.69, 9.17) is 21.1 Å². The Morgan fingerprint density at radius 2 is 1.74 bits per heavy atom. The quantitative estimate of drug-likeness (QED) is 0.160. The molecule has 0 amide bonds. The molecule has 2 aromatic carbocycles. The predicted octanol–water partition coefficient (Wildman–Crippen LogP) is 7.11. The van der Waals surface area contributed by atoms with Crippen molar-refractivity contribution in [1.29, 1.82) is 0 Å². The zero-order valence-electron chi connectivity index (χ0n) is 22.6. The van der Waals surface area contributed by atoms with Crippen molar-refractivity contribution in [2.24, 2.45) is 5.10 Å². The van der Waals surface area contributed by atoms with Gasteiger partial charge < -0.3 is 14.4 Å². The maximum absolute atomic E-state index is 6.04. The van der Waals surface area contributed by atoms with E-state index in [0.717, 1.165) is 35.4 Å². The third-order valence-corrected chi connectivity index (χ3v) is 5.51. The van der Waals surface area contributed by atoms with Gasteiger partial charge in [0.25, 0.3) is 0 Å². The van der Waals surface area contributed by atoms with E-state index in [1.807, 2.05) is 83.1 Å². The van der Waals surface area contributed by atoms with E-state index in [0.29, 0.717) is 29.9 Å². The highest BCUT2D eigenvalue weighted by atomic mass is 35.5. The molecule has 9 heteroatoms. The summed E-state index contributed by atoms with van der Waals surface area (Å²) >= 11 is 5.99. The zero-order chi connectivity index (χ0) is 27.3. The molecule has 0 unspecified atom stereocenters. The fourth-order valence-corrected chi connectivity index (χ4v) is 3.80. The first-order chi connectivity index (χ1) is 18.6. The number of morpholine rings is 1. The van der Waals surface area contributed by atoms with Crippen molar-refractivity contribution in [3.05, 3.63) is 76.9 Å². The summed E-state index contributed by atoms with van der Waals surface area (Å²) in [5.41, 5.74) is 5.96. The summed E-state index contributed by atoms with van der Waals surface area (Å²) in [6, 6.07) is 19.4. The molecule has 0 radical (unpaired) electrons. The number of halogens is 1. The maximum atomic E-state index is 6.04. The molecule has 0 spiro atoms. The molecular weight excluding hydrogens is 500 g/mol. The van der Waals surface area contributed by atoms with Crippen molar-refractivity contribution >= 4 is 40.4 Å². The maximum Gasteiger partial charge on any atom is 0.325 e. The van der Waals surface area contributed by atoms with E-state index in [1.165, 1.54) is 5.56 Å². The van der Waals surface area contributed by atoms with Crippen LogP contribution in [0, 0.1) is 6.92 Å². The van der Waals surface area contributed by atoms with Gasteiger partial charge in [0.2, 0.25) is 0 Å². The summed E-state index contributed by atoms with van der Waals surface area (Å²) in [6.07, 6.45) is 1.76. The van der Waals surface area contributed by atoms with Gasteiger partial charge in [-0.05, 0) is 42.8 Å². The highest BCUT2D eigenvalue weighted by molar-refractivity contribution is 6.29. The van der Waals surface area contributed by atoms with Crippen molar-refractivity contribution in [3.63, 3.8) is 0 Å². The number of nitrogens with one attached hydrogen (secondary N) is 1. The Balaban J connectivity index is 0.000000956. The number of aryl methyl sites for hydroxylation is 1. The predicted molar refractivity (Wildman–Crippen MR) is 157 cm³/mol. The number of benzene rings is 2. The van der Waals surface area contributed by atoms with Gasteiger partial charge in [-0.1, -0.05) is 69.1 Å². The molecule has 0 aliphatic carbocycles. The van der Waals surface area contributed by atoms with Crippen molar-refractivity contribution < 1.29 is 9.47 Å². The van der Waals surface area contributed by atoms with E-state index >= 15 is 0 Å². The van der Waals surface area contributed by atoms with Crippen LogP contribution in [-0.4, -0.2) is 47.5 Å². The van der Waals surface area contributed by atoms with Gasteiger partial charge in [0.1, 0.15) is 16.7 Å². The summed E-state index contributed by atoms with van der Waals surface area (Å²) in [7, 11) is 0. The van der Waals surface area contributed by atoms with Gasteiger partial charge in [-0.25, -0.2) is 4.98 Å². The van der Waals surface area contributed by atoms with Crippen LogP contribution in [0.1, 0.15) is 38.8 Å². The molecule has 4 aromatic rings. The number of aromatic nitrogens is 3. The fraction of sp³-hybridized carbons (Fsp3) is 0.310. The lowest BCUT2D eigenvalue weighted by Crippen LogP contribution is -2.36. The number of ether oxygens (including phenoxy) is 2. The molecule has 1 saturated heterocycles. The number of fused-ring (bicyclic) bond motifs is 1. The van der Waals surface area contributed by atoms with E-state index in [9.17, 15) is 0 Å². The molecule has 0 bridgehead atoms. The number of hydrogen-bond acceptors (Lipinski definition) is 8. The first-order valence-corrected chi connectivity index (χ1v) is 13.3. The van der Waals surface area contributed by atoms with E-state index in [2.05, 4.69) is 36.4 Å². The minimum Gasteiger partial charge on any atom is -0.424 e. The Labute approximate surface area is 229 Å². The van der Waals surface area contributed by atoms with E-state index in [1.54, 1.807) is 12.3 Å². The van der Waals surface area contributed by atoms with Crippen molar-refractivity contribution in [2.75, 3.05) is 36.6 Å². The van der Waals surface area contributed by atoms with Gasteiger partial charge in [-0.3, -0.25) is 5.43 Å². The molecule has 1 N–H and O–H groups in total. The van der Waals surface area contributed by atoms with Gasteiger partial charge in [0.15, 0.2) is 5.82 Å². The van der Waals surface area contributed by atoms with Crippen LogP contribution in [-0.2, 0) is 4.74 Å². The van der Waals surface area contributed by atoms with Crippen molar-refractivity contribution in [3.8, 4) is 11.8 Å². The standard InChI is InChI=1S/C25H23ClN6O2.2C2H6/c1-17-3-2-4-18(13-17)16-27-31-23-15-24(32-9-11-33-12-10-32)30-25(29-23)34-20-6-7-21-19(14-20)5-8-22(26)28-21;2*1-2/h2-8,13-16H,9-12H2,1H3,(H,29,30,31);2*1-2H3/b27-16+;;. The number of anilines is 2. The topological polar surface area (TPSA) is 84.8 Å². The molecule has 5 rings (SSSR count). The SMILES string of the molecule is CC.CC.Cc1cccc(/C=N/Nc2cc(N3CCOCC3)nc(Oc3ccc4nc(Cl)ccc4c3)n2)c1. The number of hydrazone groups is 1. The Bertz CT molecular complexity index is 1340. The van der Waals surface area contributed by atoms with Crippen LogP contribution in [0.15, 0.2) is 65.8 Å². The summed E-state index contributed by atoms with van der Waals surface area (Å²) in [5, 5.41) is 5.71. The third-order valence-electron chi connectivity index (χ3n) is 5.30. The van der Waals surface area contributed by atoms with Gasteiger partial charge in [-0.2, -0.15) is 15.1 Å². The molecule has 0 atom stereocenters. The van der Waals surface area contributed by atoms with Gasteiger partial charge >= 0.3 is 6.01 Å². The smallest absolute Gasteiger partial charge is 0.325 e. The van der Waals surface area contributed by atoms with Crippen LogP contribution in [0.2, 0.25) is 5.15 Å². The molecule has 2 aromatic heterocycles. The molecule has 8 nitrogen and oxygen atoms in total. The molecule has 38 heavy (non-hydrogen) atoms. The normalized spacial score (nSPS) is 12.8. The largest absolute Gasteiger partial charge is 0.424 e. The van der Waals surface area contributed by atoms with Gasteiger partial charge in [-0.15, -0.1) is 0 Å². The van der Waals surface area contributed by atoms with Gasteiger partial charge in [0, 0.05) is 24.5 Å². The van der Waals surface area contributed by atoms with Crippen LogP contribution < -0.4 is 15.1 Å². The molecule has 0 saturated carbocycles. The Hall–Kier alpha value is -3.75. The second-order valence-corrected chi connectivity index (χ2v) is 8.26. The average molecular weight is 535 g/mol. The number of nitrogens with zero attached hydrogens (tertiary/aromatic N) is 5. The summed E-state index contributed by atoms with van der Waals surface area (Å²) in [5.74, 6) is 1.88. The summed E-state index contributed by atoms with van der Waals surface area (Å²) in [6.45, 7) is 12.8. The monoisotopic (exact) mass is 534 g/mol. The molecule has 200 valence electrons. The minimum absolute atomic E-state index is 0.221. The Morgan fingerprint density at radius 1 is 0.947 bits per heavy atom. The molecular formula is C29H35ClN6O2. The fourth-order valence-electron chi connectivity index (χ4n) is 3.64. The van der Waals surface area contributed by atoms with Crippen LogP contribution in [0.3, 0.4) is 0 Å². The third kappa shape index (κ3) is 8.13. The van der Waals surface area contributed by atoms with Crippen LogP contribution in [0.4, 0.5) is 11.6 Å². The lowest BCUT2D eigenvalue weighted by molar-refractivity contribution is 0.122. The number of pyridine rings is 1. The minimum atomic E-state index is 0.221. The van der Waals surface area contributed by atoms with Gasteiger partial charge in [0.05, 0.1) is 24.9 Å². The van der Waals surface area contributed by atoms with E-state index in [-0.39, 0.29) is 6.01 Å². The van der Waals surface area contributed by atoms with Crippen LogP contribution in [0.5, 0.6) is 11.8 Å². The molecule has 1 aliphatic heterocycles. The van der Waals surface area contributed by atoms with Crippen molar-refractivity contribution in [1.82, 2.24) is 15.0 Å². The second-order valence-electron chi connectivity index (χ2n) is 7.87. The molecule has 1 fully saturated rings. The highest BCUT2D eigenvalue weighted by Crippen LogP contribution is 2.27. The highest BCUT2D eigenvalue weighted by Gasteiger charge is 2.16. The average Bonchev–Trinajstić information content (AvgIpc) is 2.96. The van der Waals surface area contributed by atoms with E-state index < -0.39 is 0 Å². The molecule has 3 heterocycles. The number of rotatable bonds is 6. The lowest BCUT2D eigenvalue weighted by Gasteiger charge is -2.28.